The van der Waals surface area contributed by atoms with Crippen LogP contribution in [0.4, 0.5) is 5.69 Å². The number of anilines is 1. The first-order valence-corrected chi connectivity index (χ1v) is 6.62. The normalized spacial score (nSPS) is 11.7. The molecule has 4 N–H and O–H groups in total. The summed E-state index contributed by atoms with van der Waals surface area (Å²) in [7, 11) is 1.57. The van der Waals surface area contributed by atoms with Crippen molar-refractivity contribution in [3.8, 4) is 11.5 Å². The SMILES string of the molecule is CNC(=O)c1cccc(NC(C)c2c(O)cccc2O)c1. The number of nitrogens with one attached hydrogen (secondary N) is 2. The first-order valence-electron chi connectivity index (χ1n) is 6.62. The monoisotopic (exact) mass is 286 g/mol. The molecule has 0 heterocycles. The lowest BCUT2D eigenvalue weighted by molar-refractivity contribution is 0.0963. The second-order valence-corrected chi connectivity index (χ2v) is 4.74. The minimum absolute atomic E-state index is 0.0254. The molecule has 0 saturated heterocycles. The number of hydrogen-bond acceptors (Lipinski definition) is 4. The first-order chi connectivity index (χ1) is 10.0. The molecule has 1 unspecified atom stereocenters. The van der Waals surface area contributed by atoms with Crippen LogP contribution in [0.2, 0.25) is 0 Å². The summed E-state index contributed by atoms with van der Waals surface area (Å²) in [4.78, 5) is 11.6. The van der Waals surface area contributed by atoms with Gasteiger partial charge in [0.2, 0.25) is 0 Å². The average molecular weight is 286 g/mol. The average Bonchev–Trinajstić information content (AvgIpc) is 2.46. The third kappa shape index (κ3) is 3.25. The Hall–Kier alpha value is -2.69. The minimum atomic E-state index is -0.314. The predicted molar refractivity (Wildman–Crippen MR) is 81.6 cm³/mol. The Kier molecular flexibility index (Phi) is 4.33. The van der Waals surface area contributed by atoms with Gasteiger partial charge in [0.25, 0.3) is 5.91 Å². The molecule has 0 saturated carbocycles. The van der Waals surface area contributed by atoms with Gasteiger partial charge < -0.3 is 20.8 Å². The van der Waals surface area contributed by atoms with Crippen LogP contribution in [0.3, 0.4) is 0 Å². The molecular weight excluding hydrogens is 268 g/mol. The number of hydrogen-bond donors (Lipinski definition) is 4. The lowest BCUT2D eigenvalue weighted by Gasteiger charge is -2.18. The summed E-state index contributed by atoms with van der Waals surface area (Å²) in [5.41, 5.74) is 1.69. The standard InChI is InChI=1S/C16H18N2O3/c1-10(15-13(19)7-4-8-14(15)20)18-12-6-3-5-11(9-12)16(21)17-2/h3-10,18-20H,1-2H3,(H,17,21). The van der Waals surface area contributed by atoms with Gasteiger partial charge in [-0.25, -0.2) is 0 Å². The van der Waals surface area contributed by atoms with Crippen LogP contribution in [0.25, 0.3) is 0 Å². The number of benzene rings is 2. The molecule has 110 valence electrons. The Morgan fingerprint density at radius 1 is 1.10 bits per heavy atom. The van der Waals surface area contributed by atoms with Crippen molar-refractivity contribution in [2.24, 2.45) is 0 Å². The highest BCUT2D eigenvalue weighted by Gasteiger charge is 2.15. The topological polar surface area (TPSA) is 81.6 Å². The molecule has 1 atom stereocenters. The van der Waals surface area contributed by atoms with E-state index in [1.54, 1.807) is 31.3 Å². The van der Waals surface area contributed by atoms with Crippen molar-refractivity contribution in [2.75, 3.05) is 12.4 Å². The predicted octanol–water partition coefficient (Wildman–Crippen LogP) is 2.63. The van der Waals surface area contributed by atoms with Crippen LogP contribution >= 0.6 is 0 Å². The van der Waals surface area contributed by atoms with Crippen molar-refractivity contribution in [3.05, 3.63) is 53.6 Å². The highest BCUT2D eigenvalue weighted by atomic mass is 16.3. The number of phenols is 2. The summed E-state index contributed by atoms with van der Waals surface area (Å²) in [6.07, 6.45) is 0. The van der Waals surface area contributed by atoms with E-state index in [9.17, 15) is 15.0 Å². The van der Waals surface area contributed by atoms with Crippen LogP contribution in [-0.4, -0.2) is 23.2 Å². The molecule has 2 rings (SSSR count). The molecular formula is C16H18N2O3. The van der Waals surface area contributed by atoms with Crippen molar-refractivity contribution >= 4 is 11.6 Å². The fraction of sp³-hybridized carbons (Fsp3) is 0.188. The van der Waals surface area contributed by atoms with E-state index in [1.165, 1.54) is 12.1 Å². The third-order valence-corrected chi connectivity index (χ3v) is 3.23. The Morgan fingerprint density at radius 3 is 2.33 bits per heavy atom. The lowest BCUT2D eigenvalue weighted by Crippen LogP contribution is -2.18. The number of carbonyl (C=O) groups excluding carboxylic acids is 1. The van der Waals surface area contributed by atoms with Crippen LogP contribution in [0.1, 0.15) is 28.9 Å². The van der Waals surface area contributed by atoms with E-state index in [-0.39, 0.29) is 23.4 Å². The highest BCUT2D eigenvalue weighted by Crippen LogP contribution is 2.34. The lowest BCUT2D eigenvalue weighted by atomic mass is 10.1. The Morgan fingerprint density at radius 2 is 1.71 bits per heavy atom. The molecule has 5 heteroatoms. The first kappa shape index (κ1) is 14.7. The largest absolute Gasteiger partial charge is 0.507 e. The van der Waals surface area contributed by atoms with E-state index in [0.29, 0.717) is 11.1 Å². The molecule has 2 aromatic carbocycles. The zero-order valence-corrected chi connectivity index (χ0v) is 11.9. The number of carbonyl (C=O) groups is 1. The van der Waals surface area contributed by atoms with Crippen molar-refractivity contribution in [2.45, 2.75) is 13.0 Å². The summed E-state index contributed by atoms with van der Waals surface area (Å²) in [6.45, 7) is 1.82. The molecule has 0 aliphatic carbocycles. The van der Waals surface area contributed by atoms with Gasteiger partial charge in [-0.3, -0.25) is 4.79 Å². The summed E-state index contributed by atoms with van der Waals surface area (Å²) < 4.78 is 0. The smallest absolute Gasteiger partial charge is 0.251 e. The van der Waals surface area contributed by atoms with Gasteiger partial charge >= 0.3 is 0 Å². The molecule has 0 aliphatic rings. The van der Waals surface area contributed by atoms with Crippen LogP contribution in [-0.2, 0) is 0 Å². The fourth-order valence-corrected chi connectivity index (χ4v) is 2.20. The van der Waals surface area contributed by atoms with E-state index in [0.717, 1.165) is 5.69 Å². The third-order valence-electron chi connectivity index (χ3n) is 3.23. The zero-order chi connectivity index (χ0) is 15.4. The Balaban J connectivity index is 2.24. The molecule has 0 spiro atoms. The molecule has 0 aliphatic heterocycles. The Bertz CT molecular complexity index is 635. The van der Waals surface area contributed by atoms with Crippen LogP contribution in [0, 0.1) is 0 Å². The van der Waals surface area contributed by atoms with E-state index < -0.39 is 0 Å². The van der Waals surface area contributed by atoms with Gasteiger partial charge in [0, 0.05) is 18.3 Å². The number of amides is 1. The molecule has 0 fully saturated rings. The number of aromatic hydroxyl groups is 2. The quantitative estimate of drug-likeness (QED) is 0.696. The van der Waals surface area contributed by atoms with E-state index >= 15 is 0 Å². The Labute approximate surface area is 123 Å². The van der Waals surface area contributed by atoms with Crippen LogP contribution < -0.4 is 10.6 Å². The van der Waals surface area contributed by atoms with Crippen molar-refractivity contribution < 1.29 is 15.0 Å². The van der Waals surface area contributed by atoms with Gasteiger partial charge in [-0.15, -0.1) is 0 Å². The molecule has 5 nitrogen and oxygen atoms in total. The van der Waals surface area contributed by atoms with Gasteiger partial charge in [-0.2, -0.15) is 0 Å². The summed E-state index contributed by atoms with van der Waals surface area (Å²) in [5, 5.41) is 25.4. The van der Waals surface area contributed by atoms with Gasteiger partial charge in [0.1, 0.15) is 11.5 Å². The van der Waals surface area contributed by atoms with Gasteiger partial charge in [0.15, 0.2) is 0 Å². The summed E-state index contributed by atoms with van der Waals surface area (Å²) in [5.74, 6) is -0.119. The van der Waals surface area contributed by atoms with Crippen molar-refractivity contribution in [1.29, 1.82) is 0 Å². The molecule has 0 radical (unpaired) electrons. The molecule has 0 aromatic heterocycles. The second kappa shape index (κ2) is 6.17. The van der Waals surface area contributed by atoms with Gasteiger partial charge in [-0.05, 0) is 37.3 Å². The summed E-state index contributed by atoms with van der Waals surface area (Å²) in [6, 6.07) is 11.3. The number of rotatable bonds is 4. The summed E-state index contributed by atoms with van der Waals surface area (Å²) >= 11 is 0. The zero-order valence-electron chi connectivity index (χ0n) is 11.9. The highest BCUT2D eigenvalue weighted by molar-refractivity contribution is 5.94. The fourth-order valence-electron chi connectivity index (χ4n) is 2.20. The van der Waals surface area contributed by atoms with Crippen LogP contribution in [0.15, 0.2) is 42.5 Å². The minimum Gasteiger partial charge on any atom is -0.507 e. The maximum absolute atomic E-state index is 11.6. The van der Waals surface area contributed by atoms with Crippen LogP contribution in [0.5, 0.6) is 11.5 Å². The molecule has 21 heavy (non-hydrogen) atoms. The van der Waals surface area contributed by atoms with Gasteiger partial charge in [-0.1, -0.05) is 12.1 Å². The van der Waals surface area contributed by atoms with E-state index in [4.69, 9.17) is 0 Å². The maximum atomic E-state index is 11.6. The molecule has 2 aromatic rings. The van der Waals surface area contributed by atoms with Crippen molar-refractivity contribution in [1.82, 2.24) is 5.32 Å². The van der Waals surface area contributed by atoms with E-state index in [1.807, 2.05) is 13.0 Å². The van der Waals surface area contributed by atoms with E-state index in [2.05, 4.69) is 10.6 Å². The van der Waals surface area contributed by atoms with Gasteiger partial charge in [0.05, 0.1) is 11.6 Å². The molecule has 0 bridgehead atoms. The second-order valence-electron chi connectivity index (χ2n) is 4.74. The maximum Gasteiger partial charge on any atom is 0.251 e. The molecule has 1 amide bonds. The number of phenolic OH excluding ortho intramolecular Hbond substituents is 2. The van der Waals surface area contributed by atoms with Crippen molar-refractivity contribution in [3.63, 3.8) is 0 Å².